The summed E-state index contributed by atoms with van der Waals surface area (Å²) in [5.41, 5.74) is 14.8. The van der Waals surface area contributed by atoms with Crippen LogP contribution in [0.2, 0.25) is 0 Å². The Hall–Kier alpha value is -5.56. The third kappa shape index (κ3) is 5.38. The van der Waals surface area contributed by atoms with Gasteiger partial charge in [0.2, 0.25) is 0 Å². The van der Waals surface area contributed by atoms with E-state index in [4.69, 9.17) is 9.97 Å². The molecule has 2 aliphatic heterocycles. The van der Waals surface area contributed by atoms with E-state index in [9.17, 15) is 0 Å². The van der Waals surface area contributed by atoms with Crippen LogP contribution in [0, 0.1) is 0 Å². The van der Waals surface area contributed by atoms with E-state index < -0.39 is 0 Å². The van der Waals surface area contributed by atoms with E-state index in [0.717, 1.165) is 92.9 Å². The molecule has 0 fully saturated rings. The zero-order valence-electron chi connectivity index (χ0n) is 26.7. The lowest BCUT2D eigenvalue weighted by Crippen LogP contribution is -1.98. The summed E-state index contributed by atoms with van der Waals surface area (Å²) in [7, 11) is 0. The van der Waals surface area contributed by atoms with Gasteiger partial charge in [-0.25, -0.2) is 9.97 Å². The molecule has 0 amide bonds. The van der Waals surface area contributed by atoms with Crippen molar-refractivity contribution in [3.05, 3.63) is 195 Å². The van der Waals surface area contributed by atoms with Crippen molar-refractivity contribution in [3.63, 3.8) is 0 Å². The average molecular weight is 773 g/mol. The SMILES string of the molecule is Brc1c(Br)c2c(-c3ccccc3)c3nc(cc4ccc(cc5nc(cc1n2-c1ccccc1)C=C5)[nH]4)C(c1ccccc1)=C3c1ccccc1. The molecular weight excluding hydrogens is 744 g/mol. The maximum absolute atomic E-state index is 5.64. The molecule has 0 saturated carbocycles. The van der Waals surface area contributed by atoms with Crippen LogP contribution in [0.3, 0.4) is 0 Å². The highest BCUT2D eigenvalue weighted by Crippen LogP contribution is 2.47. The molecule has 7 aromatic rings. The van der Waals surface area contributed by atoms with Crippen molar-refractivity contribution in [3.8, 4) is 16.8 Å². The van der Waals surface area contributed by atoms with Gasteiger partial charge in [-0.05, 0) is 103 Å². The van der Waals surface area contributed by atoms with Crippen LogP contribution in [0.4, 0.5) is 0 Å². The lowest BCUT2D eigenvalue weighted by Gasteiger charge is -2.15. The molecule has 238 valence electrons. The van der Waals surface area contributed by atoms with Crippen molar-refractivity contribution in [2.45, 2.75) is 0 Å². The molecule has 4 nitrogen and oxygen atoms in total. The monoisotopic (exact) mass is 770 g/mol. The minimum Gasteiger partial charge on any atom is -0.355 e. The van der Waals surface area contributed by atoms with E-state index in [1.165, 1.54) is 0 Å². The fraction of sp³-hybridized carbons (Fsp3) is 0. The van der Waals surface area contributed by atoms with Crippen LogP contribution in [0.1, 0.15) is 33.9 Å². The quantitative estimate of drug-likeness (QED) is 0.194. The van der Waals surface area contributed by atoms with Crippen molar-refractivity contribution in [2.75, 3.05) is 0 Å². The van der Waals surface area contributed by atoms with E-state index in [1.807, 2.05) is 6.07 Å². The van der Waals surface area contributed by atoms with Crippen molar-refractivity contribution >= 4 is 77.2 Å². The molecule has 5 heterocycles. The first-order chi connectivity index (χ1) is 24.6. The molecule has 4 aromatic carbocycles. The first-order valence-corrected chi connectivity index (χ1v) is 18.0. The Bertz CT molecular complexity index is 2640. The van der Waals surface area contributed by atoms with Crippen molar-refractivity contribution in [2.24, 2.45) is 0 Å². The highest BCUT2D eigenvalue weighted by molar-refractivity contribution is 9.13. The smallest absolute Gasteiger partial charge is 0.0822 e. The van der Waals surface area contributed by atoms with E-state index >= 15 is 0 Å². The Kier molecular flexibility index (Phi) is 7.76. The van der Waals surface area contributed by atoms with Gasteiger partial charge in [0, 0.05) is 33.4 Å². The molecule has 3 aromatic heterocycles. The van der Waals surface area contributed by atoms with Crippen molar-refractivity contribution in [1.29, 1.82) is 0 Å². The molecule has 9 rings (SSSR count). The third-order valence-electron chi connectivity index (χ3n) is 9.03. The van der Waals surface area contributed by atoms with E-state index in [1.54, 1.807) is 0 Å². The third-order valence-corrected chi connectivity index (χ3v) is 11.1. The number of hydrogen-bond donors (Lipinski definition) is 1. The Morgan fingerprint density at radius 1 is 0.500 bits per heavy atom. The van der Waals surface area contributed by atoms with Gasteiger partial charge in [-0.2, -0.15) is 0 Å². The number of H-pyrrole nitrogens is 1. The molecule has 0 unspecified atom stereocenters. The minimum atomic E-state index is 0.863. The Morgan fingerprint density at radius 3 is 1.68 bits per heavy atom. The van der Waals surface area contributed by atoms with Crippen LogP contribution in [0.25, 0.3) is 62.2 Å². The van der Waals surface area contributed by atoms with E-state index in [2.05, 4.69) is 199 Å². The second-order valence-corrected chi connectivity index (χ2v) is 13.8. The molecule has 0 spiro atoms. The summed E-state index contributed by atoms with van der Waals surface area (Å²) in [5.74, 6) is 0. The Labute approximate surface area is 306 Å². The first kappa shape index (κ1) is 30.5. The van der Waals surface area contributed by atoms with Crippen LogP contribution in [-0.2, 0) is 0 Å². The lowest BCUT2D eigenvalue weighted by molar-refractivity contribution is 1.17. The number of fused-ring (bicyclic) bond motifs is 8. The topological polar surface area (TPSA) is 46.5 Å². The Morgan fingerprint density at radius 2 is 1.04 bits per heavy atom. The van der Waals surface area contributed by atoms with Crippen molar-refractivity contribution < 1.29 is 0 Å². The number of aromatic amines is 1. The summed E-state index contributed by atoms with van der Waals surface area (Å²) in [6, 6.07) is 52.9. The predicted molar refractivity (Wildman–Crippen MR) is 214 cm³/mol. The van der Waals surface area contributed by atoms with Crippen LogP contribution in [0.15, 0.2) is 161 Å². The van der Waals surface area contributed by atoms with E-state index in [0.29, 0.717) is 0 Å². The number of hydrogen-bond acceptors (Lipinski definition) is 2. The Balaban J connectivity index is 1.58. The van der Waals surface area contributed by atoms with Gasteiger partial charge in [0.25, 0.3) is 0 Å². The molecule has 8 bridgehead atoms. The average Bonchev–Trinajstić information content (AvgIpc) is 3.94. The summed E-state index contributed by atoms with van der Waals surface area (Å²) in [4.78, 5) is 14.2. The molecule has 50 heavy (non-hydrogen) atoms. The second kappa shape index (κ2) is 12.7. The predicted octanol–water partition coefficient (Wildman–Crippen LogP) is 12.1. The normalized spacial score (nSPS) is 12.4. The van der Waals surface area contributed by atoms with Crippen molar-refractivity contribution in [1.82, 2.24) is 19.5 Å². The number of halogens is 2. The van der Waals surface area contributed by atoms with E-state index in [-0.39, 0.29) is 0 Å². The lowest BCUT2D eigenvalue weighted by atomic mass is 9.89. The molecule has 0 saturated heterocycles. The van der Waals surface area contributed by atoms with Gasteiger partial charge in [0.1, 0.15) is 0 Å². The number of rotatable bonds is 4. The zero-order valence-corrected chi connectivity index (χ0v) is 29.9. The van der Waals surface area contributed by atoms with Gasteiger partial charge >= 0.3 is 0 Å². The summed E-state index contributed by atoms with van der Waals surface area (Å²) >= 11 is 8.12. The summed E-state index contributed by atoms with van der Waals surface area (Å²) in [6.07, 6.45) is 4.12. The number of benzene rings is 4. The van der Waals surface area contributed by atoms with Gasteiger partial charge in [0.05, 0.1) is 42.8 Å². The fourth-order valence-electron chi connectivity index (χ4n) is 6.87. The molecule has 2 aliphatic rings. The molecule has 0 aliphatic carbocycles. The second-order valence-electron chi connectivity index (χ2n) is 12.2. The largest absolute Gasteiger partial charge is 0.355 e. The number of nitrogens with one attached hydrogen (secondary N) is 1. The summed E-state index contributed by atoms with van der Waals surface area (Å²) < 4.78 is 4.17. The number of aromatic nitrogens is 4. The maximum Gasteiger partial charge on any atom is 0.0822 e. The van der Waals surface area contributed by atoms with Crippen LogP contribution in [0.5, 0.6) is 0 Å². The highest BCUT2D eigenvalue weighted by atomic mass is 79.9. The van der Waals surface area contributed by atoms with Crippen LogP contribution >= 0.6 is 31.9 Å². The van der Waals surface area contributed by atoms with Gasteiger partial charge < -0.3 is 9.55 Å². The summed E-state index contributed by atoms with van der Waals surface area (Å²) in [6.45, 7) is 0. The van der Waals surface area contributed by atoms with Gasteiger partial charge in [-0.1, -0.05) is 109 Å². The van der Waals surface area contributed by atoms with Crippen LogP contribution < -0.4 is 0 Å². The van der Waals surface area contributed by atoms with Gasteiger partial charge in [0.15, 0.2) is 0 Å². The highest BCUT2D eigenvalue weighted by Gasteiger charge is 2.29. The molecule has 1 N–H and O–H groups in total. The molecule has 0 atom stereocenters. The number of para-hydroxylation sites is 1. The first-order valence-electron chi connectivity index (χ1n) is 16.4. The molecule has 6 heteroatoms. The number of nitrogens with zero attached hydrogens (tertiary/aromatic N) is 3. The molecule has 0 radical (unpaired) electrons. The molecular formula is C44H28Br2N4. The van der Waals surface area contributed by atoms with Gasteiger partial charge in [-0.3, -0.25) is 0 Å². The maximum atomic E-state index is 5.64. The standard InChI is InChI=1S/C44H28Br2N4/c45-41-37-27-34-24-22-32(48-34)25-31-21-23-33(47-31)26-36-38(28-13-5-1-6-14-28)39(29-15-7-2-8-16-29)43(49-36)40(30-17-9-3-10-18-30)44(42(41)46)50(37)35-19-11-4-12-20-35/h1-27,47H. The van der Waals surface area contributed by atoms with Crippen LogP contribution in [-0.4, -0.2) is 19.5 Å². The minimum absolute atomic E-state index is 0.863. The fourth-order valence-corrected chi connectivity index (χ4v) is 7.92. The summed E-state index contributed by atoms with van der Waals surface area (Å²) in [5, 5.41) is 0. The zero-order chi connectivity index (χ0) is 33.6. The van der Waals surface area contributed by atoms with Gasteiger partial charge in [-0.15, -0.1) is 0 Å².